The lowest BCUT2D eigenvalue weighted by atomic mass is 10.3. The quantitative estimate of drug-likeness (QED) is 0.807. The van der Waals surface area contributed by atoms with Crippen LogP contribution < -0.4 is 11.1 Å². The van der Waals surface area contributed by atoms with Gasteiger partial charge in [-0.2, -0.15) is 4.98 Å². The van der Waals surface area contributed by atoms with Gasteiger partial charge in [0.2, 0.25) is 0 Å². The van der Waals surface area contributed by atoms with Gasteiger partial charge in [-0.05, 0) is 24.3 Å². The first-order chi connectivity index (χ1) is 7.65. The van der Waals surface area contributed by atoms with E-state index in [-0.39, 0.29) is 17.5 Å². The van der Waals surface area contributed by atoms with Gasteiger partial charge in [0.1, 0.15) is 12.1 Å². The van der Waals surface area contributed by atoms with Crippen LogP contribution in [0.2, 0.25) is 0 Å². The van der Waals surface area contributed by atoms with Crippen LogP contribution in [0.1, 0.15) is 10.5 Å². The van der Waals surface area contributed by atoms with Crippen molar-refractivity contribution in [3.05, 3.63) is 42.0 Å². The molecule has 0 atom stereocenters. The van der Waals surface area contributed by atoms with Crippen molar-refractivity contribution >= 4 is 17.6 Å². The minimum atomic E-state index is -0.466. The van der Waals surface area contributed by atoms with Crippen LogP contribution in [-0.4, -0.2) is 10.9 Å². The number of nitrogens with zero attached hydrogens (tertiary/aromatic N) is 1. The molecule has 1 heterocycles. The fourth-order valence-electron chi connectivity index (χ4n) is 1.12. The maximum absolute atomic E-state index is 12.6. The number of benzene rings is 1. The molecule has 0 aliphatic heterocycles. The van der Waals surface area contributed by atoms with Gasteiger partial charge in [0.25, 0.3) is 11.9 Å². The third-order valence-corrected chi connectivity index (χ3v) is 1.86. The highest BCUT2D eigenvalue weighted by Gasteiger charge is 2.10. The molecule has 0 aliphatic rings. The number of halogens is 1. The van der Waals surface area contributed by atoms with Crippen molar-refractivity contribution < 1.29 is 13.6 Å². The molecule has 0 aliphatic carbocycles. The zero-order valence-corrected chi connectivity index (χ0v) is 8.11. The van der Waals surface area contributed by atoms with E-state index < -0.39 is 5.91 Å². The maximum atomic E-state index is 12.6. The van der Waals surface area contributed by atoms with Crippen molar-refractivity contribution in [3.8, 4) is 0 Å². The van der Waals surface area contributed by atoms with Crippen LogP contribution >= 0.6 is 0 Å². The van der Waals surface area contributed by atoms with Gasteiger partial charge >= 0.3 is 0 Å². The fourth-order valence-corrected chi connectivity index (χ4v) is 1.12. The molecule has 0 saturated heterocycles. The fraction of sp³-hybridized carbons (Fsp3) is 0. The number of hydrogen-bond acceptors (Lipinski definition) is 4. The first kappa shape index (κ1) is 10.2. The summed E-state index contributed by atoms with van der Waals surface area (Å²) in [5.74, 6) is -0.837. The Kier molecular flexibility index (Phi) is 2.55. The molecule has 5 nitrogen and oxygen atoms in total. The van der Waals surface area contributed by atoms with E-state index in [1.165, 1.54) is 24.3 Å². The van der Waals surface area contributed by atoms with Crippen molar-refractivity contribution in [1.82, 2.24) is 4.98 Å². The van der Waals surface area contributed by atoms with E-state index in [1.54, 1.807) is 0 Å². The van der Waals surface area contributed by atoms with Crippen molar-refractivity contribution in [2.75, 3.05) is 11.1 Å². The summed E-state index contributed by atoms with van der Waals surface area (Å²) in [7, 11) is 0. The van der Waals surface area contributed by atoms with Crippen LogP contribution in [0.15, 0.2) is 34.9 Å². The Morgan fingerprint density at radius 3 is 2.62 bits per heavy atom. The number of carbonyl (C=O) groups excluding carboxylic acids is 1. The molecular weight excluding hydrogens is 213 g/mol. The van der Waals surface area contributed by atoms with Crippen molar-refractivity contribution in [2.45, 2.75) is 0 Å². The van der Waals surface area contributed by atoms with E-state index >= 15 is 0 Å². The normalized spacial score (nSPS) is 10.1. The lowest BCUT2D eigenvalue weighted by Crippen LogP contribution is -2.12. The van der Waals surface area contributed by atoms with E-state index in [0.717, 1.165) is 6.26 Å². The highest BCUT2D eigenvalue weighted by molar-refractivity contribution is 6.02. The number of carbonyl (C=O) groups is 1. The van der Waals surface area contributed by atoms with Gasteiger partial charge in [-0.15, -0.1) is 0 Å². The number of aromatic nitrogens is 1. The van der Waals surface area contributed by atoms with Gasteiger partial charge in [0.05, 0.1) is 0 Å². The molecule has 1 amide bonds. The predicted molar refractivity (Wildman–Crippen MR) is 55.3 cm³/mol. The molecule has 0 unspecified atom stereocenters. The molecule has 0 saturated carbocycles. The molecule has 0 spiro atoms. The van der Waals surface area contributed by atoms with E-state index in [4.69, 9.17) is 5.73 Å². The summed E-state index contributed by atoms with van der Waals surface area (Å²) in [5, 5.41) is 2.52. The predicted octanol–water partition coefficient (Wildman–Crippen LogP) is 1.65. The highest BCUT2D eigenvalue weighted by atomic mass is 19.1. The lowest BCUT2D eigenvalue weighted by molar-refractivity contribution is 0.102. The Morgan fingerprint density at radius 2 is 2.06 bits per heavy atom. The Hall–Kier alpha value is -2.37. The largest absolute Gasteiger partial charge is 0.431 e. The van der Waals surface area contributed by atoms with Gasteiger partial charge in [-0.3, -0.25) is 4.79 Å². The molecule has 3 N–H and O–H groups in total. The van der Waals surface area contributed by atoms with Gasteiger partial charge < -0.3 is 15.5 Å². The molecule has 2 aromatic rings. The number of hydrogen-bond donors (Lipinski definition) is 2. The van der Waals surface area contributed by atoms with Crippen LogP contribution in [0.5, 0.6) is 0 Å². The van der Waals surface area contributed by atoms with Crippen LogP contribution in [0, 0.1) is 5.82 Å². The second-order valence-electron chi connectivity index (χ2n) is 3.03. The average Bonchev–Trinajstić information content (AvgIpc) is 2.68. The molecule has 0 radical (unpaired) electrons. The monoisotopic (exact) mass is 221 g/mol. The SMILES string of the molecule is Nc1nc(C(=O)Nc2ccc(F)cc2)co1. The Morgan fingerprint density at radius 1 is 1.38 bits per heavy atom. The Labute approximate surface area is 90.1 Å². The number of nitrogen functional groups attached to an aromatic ring is 1. The first-order valence-electron chi connectivity index (χ1n) is 4.43. The molecule has 6 heteroatoms. The maximum Gasteiger partial charge on any atom is 0.292 e. The number of anilines is 2. The van der Waals surface area contributed by atoms with E-state index in [9.17, 15) is 9.18 Å². The summed E-state index contributed by atoms with van der Waals surface area (Å²) in [6.45, 7) is 0. The number of amides is 1. The molecule has 0 fully saturated rings. The third kappa shape index (κ3) is 2.17. The van der Waals surface area contributed by atoms with Gasteiger partial charge in [0, 0.05) is 5.69 Å². The van der Waals surface area contributed by atoms with E-state index in [1.807, 2.05) is 0 Å². The number of oxazole rings is 1. The standard InChI is InChI=1S/C10H8FN3O2/c11-6-1-3-7(4-2-6)13-9(15)8-5-16-10(12)14-8/h1-5H,(H2,12,14)(H,13,15). The first-order valence-corrected chi connectivity index (χ1v) is 4.43. The smallest absolute Gasteiger partial charge is 0.292 e. The minimum absolute atomic E-state index is 0.0711. The average molecular weight is 221 g/mol. The summed E-state index contributed by atoms with van der Waals surface area (Å²) in [6.07, 6.45) is 1.15. The van der Waals surface area contributed by atoms with E-state index in [2.05, 4.69) is 14.7 Å². The van der Waals surface area contributed by atoms with Crippen molar-refractivity contribution in [2.24, 2.45) is 0 Å². The Balaban J connectivity index is 2.10. The summed E-state index contributed by atoms with van der Waals surface area (Å²) in [4.78, 5) is 15.2. The van der Waals surface area contributed by atoms with E-state index in [0.29, 0.717) is 5.69 Å². The van der Waals surface area contributed by atoms with Crippen LogP contribution in [0.3, 0.4) is 0 Å². The molecular formula is C10H8FN3O2. The molecule has 16 heavy (non-hydrogen) atoms. The van der Waals surface area contributed by atoms with Gasteiger partial charge in [-0.1, -0.05) is 0 Å². The van der Waals surface area contributed by atoms with Gasteiger partial charge in [-0.25, -0.2) is 4.39 Å². The summed E-state index contributed by atoms with van der Waals surface area (Å²) < 4.78 is 17.3. The number of nitrogens with two attached hydrogens (primary N) is 1. The van der Waals surface area contributed by atoms with Gasteiger partial charge in [0.15, 0.2) is 5.69 Å². The molecule has 1 aromatic carbocycles. The summed E-state index contributed by atoms with van der Waals surface area (Å²) in [6, 6.07) is 5.29. The Bertz CT molecular complexity index is 507. The van der Waals surface area contributed by atoms with Crippen molar-refractivity contribution in [1.29, 1.82) is 0 Å². The number of rotatable bonds is 2. The zero-order valence-electron chi connectivity index (χ0n) is 8.11. The minimum Gasteiger partial charge on any atom is -0.431 e. The molecule has 82 valence electrons. The van der Waals surface area contributed by atoms with Crippen molar-refractivity contribution in [3.63, 3.8) is 0 Å². The number of nitrogens with one attached hydrogen (secondary N) is 1. The highest BCUT2D eigenvalue weighted by Crippen LogP contribution is 2.10. The second kappa shape index (κ2) is 4.01. The third-order valence-electron chi connectivity index (χ3n) is 1.86. The van der Waals surface area contributed by atoms with Crippen LogP contribution in [0.4, 0.5) is 16.1 Å². The topological polar surface area (TPSA) is 81.1 Å². The molecule has 1 aromatic heterocycles. The lowest BCUT2D eigenvalue weighted by Gasteiger charge is -2.01. The summed E-state index contributed by atoms with van der Waals surface area (Å²) in [5.41, 5.74) is 5.76. The van der Waals surface area contributed by atoms with Crippen LogP contribution in [0.25, 0.3) is 0 Å². The second-order valence-corrected chi connectivity index (χ2v) is 3.03. The van der Waals surface area contributed by atoms with Crippen LogP contribution in [-0.2, 0) is 0 Å². The molecule has 0 bridgehead atoms. The molecule has 2 rings (SSSR count). The summed E-state index contributed by atoms with van der Waals surface area (Å²) >= 11 is 0. The zero-order chi connectivity index (χ0) is 11.5.